The van der Waals surface area contributed by atoms with Gasteiger partial charge in [0.25, 0.3) is 0 Å². The maximum atomic E-state index is 12.2. The number of nitrogens with one attached hydrogen (secondary N) is 1. The first kappa shape index (κ1) is 20.4. The standard InChI is InChI=1S/C16H17ClN2O5S2/c17-12-3-7-14(8-4-12)25(21,22)11-1-2-16(20)19-13-5-9-15(10-6-13)26(18,23)24/h3-10H,1-2,11H2,(H,19,20)(H2,18,23,24). The first-order valence-electron chi connectivity index (χ1n) is 7.49. The molecule has 0 aromatic heterocycles. The predicted molar refractivity (Wildman–Crippen MR) is 99.2 cm³/mol. The van der Waals surface area contributed by atoms with E-state index in [2.05, 4.69) is 5.32 Å². The third kappa shape index (κ3) is 5.80. The Hall–Kier alpha value is -1.94. The summed E-state index contributed by atoms with van der Waals surface area (Å²) in [6.07, 6.45) is 0.149. The number of hydrogen-bond donors (Lipinski definition) is 2. The summed E-state index contributed by atoms with van der Waals surface area (Å²) >= 11 is 5.73. The average molecular weight is 417 g/mol. The van der Waals surface area contributed by atoms with Crippen LogP contribution in [0.5, 0.6) is 0 Å². The summed E-state index contributed by atoms with van der Waals surface area (Å²) in [4.78, 5) is 12.0. The molecule has 1 amide bonds. The molecule has 140 valence electrons. The second-order valence-electron chi connectivity index (χ2n) is 5.49. The number of anilines is 1. The number of benzene rings is 2. The molecule has 2 rings (SSSR count). The van der Waals surface area contributed by atoms with E-state index in [1.54, 1.807) is 0 Å². The van der Waals surface area contributed by atoms with Crippen LogP contribution in [0.25, 0.3) is 0 Å². The number of rotatable bonds is 7. The molecule has 0 bridgehead atoms. The van der Waals surface area contributed by atoms with Gasteiger partial charge in [-0.05, 0) is 55.0 Å². The fourth-order valence-electron chi connectivity index (χ4n) is 2.13. The summed E-state index contributed by atoms with van der Waals surface area (Å²) in [5.74, 6) is -0.550. The molecule has 3 N–H and O–H groups in total. The van der Waals surface area contributed by atoms with Crippen LogP contribution in [0.4, 0.5) is 5.69 Å². The van der Waals surface area contributed by atoms with Crippen LogP contribution in [0, 0.1) is 0 Å². The van der Waals surface area contributed by atoms with Gasteiger partial charge in [0.1, 0.15) is 0 Å². The van der Waals surface area contributed by atoms with Crippen LogP contribution in [0.15, 0.2) is 58.3 Å². The van der Waals surface area contributed by atoms with E-state index in [-0.39, 0.29) is 34.3 Å². The highest BCUT2D eigenvalue weighted by atomic mass is 35.5. The number of amides is 1. The topological polar surface area (TPSA) is 123 Å². The van der Waals surface area contributed by atoms with Crippen molar-refractivity contribution < 1.29 is 21.6 Å². The Kier molecular flexibility index (Phi) is 6.40. The van der Waals surface area contributed by atoms with Crippen molar-refractivity contribution in [1.29, 1.82) is 0 Å². The van der Waals surface area contributed by atoms with Gasteiger partial charge in [-0.2, -0.15) is 0 Å². The van der Waals surface area contributed by atoms with Crippen LogP contribution in [-0.4, -0.2) is 28.5 Å². The SMILES string of the molecule is NS(=O)(=O)c1ccc(NC(=O)CCCS(=O)(=O)c2ccc(Cl)cc2)cc1. The van der Waals surface area contributed by atoms with Gasteiger partial charge >= 0.3 is 0 Å². The van der Waals surface area contributed by atoms with E-state index in [0.717, 1.165) is 0 Å². The number of primary sulfonamides is 1. The van der Waals surface area contributed by atoms with Crippen molar-refractivity contribution in [3.63, 3.8) is 0 Å². The third-order valence-electron chi connectivity index (χ3n) is 3.46. The molecule has 0 saturated carbocycles. The normalized spacial score (nSPS) is 11.9. The Bertz CT molecular complexity index is 986. The molecule has 2 aromatic carbocycles. The summed E-state index contributed by atoms with van der Waals surface area (Å²) in [6.45, 7) is 0. The van der Waals surface area contributed by atoms with E-state index < -0.39 is 19.9 Å². The molecule has 0 heterocycles. The maximum absolute atomic E-state index is 12.2. The second kappa shape index (κ2) is 8.17. The smallest absolute Gasteiger partial charge is 0.238 e. The van der Waals surface area contributed by atoms with Gasteiger partial charge in [-0.15, -0.1) is 0 Å². The maximum Gasteiger partial charge on any atom is 0.238 e. The zero-order chi connectivity index (χ0) is 19.4. The molecular formula is C16H17ClN2O5S2. The third-order valence-corrected chi connectivity index (χ3v) is 6.45. The van der Waals surface area contributed by atoms with Gasteiger partial charge in [0.15, 0.2) is 9.84 Å². The average Bonchev–Trinajstić information content (AvgIpc) is 2.54. The fraction of sp³-hybridized carbons (Fsp3) is 0.188. The molecule has 26 heavy (non-hydrogen) atoms. The molecule has 0 unspecified atom stereocenters. The van der Waals surface area contributed by atoms with E-state index in [0.29, 0.717) is 10.7 Å². The Morgan fingerprint density at radius 3 is 2.00 bits per heavy atom. The van der Waals surface area contributed by atoms with Gasteiger partial charge in [-0.3, -0.25) is 4.79 Å². The summed E-state index contributed by atoms with van der Waals surface area (Å²) in [6, 6.07) is 11.2. The van der Waals surface area contributed by atoms with Crippen molar-refractivity contribution in [1.82, 2.24) is 0 Å². The van der Waals surface area contributed by atoms with Crippen molar-refractivity contribution in [2.45, 2.75) is 22.6 Å². The van der Waals surface area contributed by atoms with Crippen molar-refractivity contribution in [3.05, 3.63) is 53.6 Å². The number of nitrogens with two attached hydrogens (primary N) is 1. The number of sulfonamides is 1. The van der Waals surface area contributed by atoms with Crippen molar-refractivity contribution in [2.24, 2.45) is 5.14 Å². The van der Waals surface area contributed by atoms with Crippen LogP contribution in [0.1, 0.15) is 12.8 Å². The van der Waals surface area contributed by atoms with E-state index in [9.17, 15) is 21.6 Å². The largest absolute Gasteiger partial charge is 0.326 e. The number of sulfone groups is 1. The number of halogens is 1. The summed E-state index contributed by atoms with van der Waals surface area (Å²) in [7, 11) is -7.28. The van der Waals surface area contributed by atoms with Crippen molar-refractivity contribution in [3.8, 4) is 0 Å². The lowest BCUT2D eigenvalue weighted by Gasteiger charge is -2.07. The number of hydrogen-bond acceptors (Lipinski definition) is 5. The number of carbonyl (C=O) groups is 1. The van der Waals surface area contributed by atoms with Gasteiger partial charge < -0.3 is 5.32 Å². The van der Waals surface area contributed by atoms with E-state index in [4.69, 9.17) is 16.7 Å². The quantitative estimate of drug-likeness (QED) is 0.715. The zero-order valence-electron chi connectivity index (χ0n) is 13.6. The van der Waals surface area contributed by atoms with Gasteiger partial charge in [-0.1, -0.05) is 11.6 Å². The Morgan fingerprint density at radius 1 is 0.923 bits per heavy atom. The van der Waals surface area contributed by atoms with Crippen LogP contribution >= 0.6 is 11.6 Å². The van der Waals surface area contributed by atoms with Gasteiger partial charge in [-0.25, -0.2) is 22.0 Å². The minimum absolute atomic E-state index is 0.00373. The molecule has 0 fully saturated rings. The first-order valence-corrected chi connectivity index (χ1v) is 11.1. The van der Waals surface area contributed by atoms with Crippen LogP contribution in [-0.2, 0) is 24.7 Å². The van der Waals surface area contributed by atoms with Gasteiger partial charge in [0.05, 0.1) is 15.5 Å². The van der Waals surface area contributed by atoms with Crippen LogP contribution in [0.2, 0.25) is 5.02 Å². The molecule has 0 radical (unpaired) electrons. The molecule has 2 aromatic rings. The van der Waals surface area contributed by atoms with E-state index >= 15 is 0 Å². The summed E-state index contributed by atoms with van der Waals surface area (Å²) in [5.41, 5.74) is 0.392. The van der Waals surface area contributed by atoms with Crippen LogP contribution < -0.4 is 10.5 Å². The number of carbonyl (C=O) groups excluding carboxylic acids is 1. The summed E-state index contributed by atoms with van der Waals surface area (Å²) in [5, 5.41) is 8.00. The molecule has 0 atom stereocenters. The lowest BCUT2D eigenvalue weighted by Crippen LogP contribution is -2.15. The molecule has 0 spiro atoms. The molecule has 0 aliphatic heterocycles. The van der Waals surface area contributed by atoms with Crippen LogP contribution in [0.3, 0.4) is 0 Å². The highest BCUT2D eigenvalue weighted by Crippen LogP contribution is 2.17. The monoisotopic (exact) mass is 416 g/mol. The molecule has 0 saturated heterocycles. The minimum Gasteiger partial charge on any atom is -0.326 e. The van der Waals surface area contributed by atoms with Crippen molar-refractivity contribution >= 4 is 43.1 Å². The molecular weight excluding hydrogens is 400 g/mol. The minimum atomic E-state index is -3.80. The predicted octanol–water partition coefficient (Wildman–Crippen LogP) is 2.18. The lowest BCUT2D eigenvalue weighted by molar-refractivity contribution is -0.116. The second-order valence-corrected chi connectivity index (χ2v) is 9.60. The Balaban J connectivity index is 1.88. The fourth-order valence-corrected chi connectivity index (χ4v) is 4.09. The Labute approximate surface area is 157 Å². The zero-order valence-corrected chi connectivity index (χ0v) is 15.9. The molecule has 0 aliphatic rings. The molecule has 10 heteroatoms. The first-order chi connectivity index (χ1) is 12.1. The molecule has 7 nitrogen and oxygen atoms in total. The van der Waals surface area contributed by atoms with Gasteiger partial charge in [0, 0.05) is 17.1 Å². The van der Waals surface area contributed by atoms with E-state index in [1.807, 2.05) is 0 Å². The van der Waals surface area contributed by atoms with Gasteiger partial charge in [0.2, 0.25) is 15.9 Å². The van der Waals surface area contributed by atoms with E-state index in [1.165, 1.54) is 48.5 Å². The Morgan fingerprint density at radius 2 is 1.46 bits per heavy atom. The lowest BCUT2D eigenvalue weighted by atomic mass is 10.3. The van der Waals surface area contributed by atoms with Crippen molar-refractivity contribution in [2.75, 3.05) is 11.1 Å². The highest BCUT2D eigenvalue weighted by Gasteiger charge is 2.15. The molecule has 0 aliphatic carbocycles. The summed E-state index contributed by atoms with van der Waals surface area (Å²) < 4.78 is 46.7. The highest BCUT2D eigenvalue weighted by molar-refractivity contribution is 7.91.